The lowest BCUT2D eigenvalue weighted by atomic mass is 9.97. The van der Waals surface area contributed by atoms with Gasteiger partial charge in [0.25, 0.3) is 0 Å². The molecule has 0 unspecified atom stereocenters. The van der Waals surface area contributed by atoms with Crippen molar-refractivity contribution in [2.45, 2.75) is 51.0 Å². The van der Waals surface area contributed by atoms with Gasteiger partial charge in [0.2, 0.25) is 11.8 Å². The Hall–Kier alpha value is -0.810. The van der Waals surface area contributed by atoms with Crippen LogP contribution in [0.5, 0.6) is 0 Å². The van der Waals surface area contributed by atoms with Gasteiger partial charge in [-0.3, -0.25) is 9.59 Å². The van der Waals surface area contributed by atoms with Gasteiger partial charge in [-0.05, 0) is 12.8 Å². The molecule has 2 amide bonds. The van der Waals surface area contributed by atoms with Crippen molar-refractivity contribution >= 4 is 24.2 Å². The molecule has 5 nitrogen and oxygen atoms in total. The Kier molecular flexibility index (Phi) is 9.69. The van der Waals surface area contributed by atoms with Gasteiger partial charge in [0, 0.05) is 6.04 Å². The molecule has 18 heavy (non-hydrogen) atoms. The molecule has 0 bridgehead atoms. The summed E-state index contributed by atoms with van der Waals surface area (Å²) in [6.07, 6.45) is 8.30. The lowest BCUT2D eigenvalue weighted by Crippen LogP contribution is -2.43. The zero-order valence-corrected chi connectivity index (χ0v) is 11.6. The van der Waals surface area contributed by atoms with Crippen molar-refractivity contribution in [2.75, 3.05) is 13.1 Å². The van der Waals surface area contributed by atoms with E-state index >= 15 is 0 Å². The Labute approximate surface area is 115 Å². The van der Waals surface area contributed by atoms with Crippen LogP contribution in [0.4, 0.5) is 0 Å². The maximum absolute atomic E-state index is 11.6. The standard InChI is InChI=1S/C12H23N3O2.ClH/c13-8-11(16)14-9-12(17)15-10-6-4-2-1-3-5-7-10;/h10H,1-9,13H2,(H,14,16)(H,15,17);1H. The van der Waals surface area contributed by atoms with Crippen LogP contribution < -0.4 is 16.4 Å². The van der Waals surface area contributed by atoms with E-state index in [0.29, 0.717) is 0 Å². The summed E-state index contributed by atoms with van der Waals surface area (Å²) in [5.74, 6) is -0.407. The molecule has 6 heteroatoms. The quantitative estimate of drug-likeness (QED) is 0.708. The van der Waals surface area contributed by atoms with Crippen molar-refractivity contribution in [3.05, 3.63) is 0 Å². The summed E-state index contributed by atoms with van der Waals surface area (Å²) < 4.78 is 0. The average Bonchev–Trinajstić information content (AvgIpc) is 2.29. The summed E-state index contributed by atoms with van der Waals surface area (Å²) in [6.45, 7) is -0.0385. The first-order valence-corrected chi connectivity index (χ1v) is 6.48. The molecule has 0 radical (unpaired) electrons. The highest BCUT2D eigenvalue weighted by Crippen LogP contribution is 2.16. The molecule has 0 saturated heterocycles. The Morgan fingerprint density at radius 2 is 1.56 bits per heavy atom. The molecule has 0 atom stereocenters. The third-order valence-electron chi connectivity index (χ3n) is 3.10. The summed E-state index contributed by atoms with van der Waals surface area (Å²) in [7, 11) is 0. The second-order valence-corrected chi connectivity index (χ2v) is 4.59. The van der Waals surface area contributed by atoms with Gasteiger partial charge in [-0.2, -0.15) is 0 Å². The van der Waals surface area contributed by atoms with Crippen molar-refractivity contribution < 1.29 is 9.59 Å². The minimum Gasteiger partial charge on any atom is -0.352 e. The van der Waals surface area contributed by atoms with E-state index in [-0.39, 0.29) is 43.4 Å². The number of rotatable bonds is 4. The molecular weight excluding hydrogens is 254 g/mol. The van der Waals surface area contributed by atoms with Crippen LogP contribution in [-0.4, -0.2) is 30.9 Å². The van der Waals surface area contributed by atoms with Crippen LogP contribution >= 0.6 is 12.4 Å². The number of carbonyl (C=O) groups is 2. The van der Waals surface area contributed by atoms with Gasteiger partial charge in [-0.1, -0.05) is 32.1 Å². The van der Waals surface area contributed by atoms with E-state index in [1.807, 2.05) is 0 Å². The zero-order valence-electron chi connectivity index (χ0n) is 10.7. The molecule has 0 aromatic heterocycles. The molecule has 0 heterocycles. The largest absolute Gasteiger partial charge is 0.352 e. The highest BCUT2D eigenvalue weighted by molar-refractivity contribution is 5.85. The fourth-order valence-electron chi connectivity index (χ4n) is 2.13. The lowest BCUT2D eigenvalue weighted by Gasteiger charge is -2.21. The predicted octanol–water partition coefficient (Wildman–Crippen LogP) is 0.712. The fourth-order valence-corrected chi connectivity index (χ4v) is 2.13. The molecule has 1 rings (SSSR count). The van der Waals surface area contributed by atoms with Gasteiger partial charge in [0.15, 0.2) is 0 Å². The number of hydrogen-bond donors (Lipinski definition) is 3. The van der Waals surface area contributed by atoms with Crippen molar-refractivity contribution in [3.8, 4) is 0 Å². The van der Waals surface area contributed by atoms with E-state index < -0.39 is 0 Å². The molecule has 106 valence electrons. The van der Waals surface area contributed by atoms with E-state index in [9.17, 15) is 9.59 Å². The van der Waals surface area contributed by atoms with Gasteiger partial charge in [-0.25, -0.2) is 0 Å². The van der Waals surface area contributed by atoms with Crippen LogP contribution in [0, 0.1) is 0 Å². The second kappa shape index (κ2) is 10.1. The number of hydrogen-bond acceptors (Lipinski definition) is 3. The van der Waals surface area contributed by atoms with E-state index in [0.717, 1.165) is 12.8 Å². The first-order valence-electron chi connectivity index (χ1n) is 6.48. The Morgan fingerprint density at radius 3 is 2.11 bits per heavy atom. The van der Waals surface area contributed by atoms with Crippen molar-refractivity contribution in [1.82, 2.24) is 10.6 Å². The minimum atomic E-state index is -0.294. The Morgan fingerprint density at radius 1 is 1.00 bits per heavy atom. The van der Waals surface area contributed by atoms with Crippen LogP contribution in [0.2, 0.25) is 0 Å². The van der Waals surface area contributed by atoms with Crippen LogP contribution in [-0.2, 0) is 9.59 Å². The number of carbonyl (C=O) groups excluding carboxylic acids is 2. The summed E-state index contributed by atoms with van der Waals surface area (Å²) in [5, 5.41) is 5.45. The van der Waals surface area contributed by atoms with Gasteiger partial charge >= 0.3 is 0 Å². The summed E-state index contributed by atoms with van der Waals surface area (Å²) in [4.78, 5) is 22.5. The van der Waals surface area contributed by atoms with Crippen molar-refractivity contribution in [2.24, 2.45) is 5.73 Å². The summed E-state index contributed by atoms with van der Waals surface area (Å²) >= 11 is 0. The second-order valence-electron chi connectivity index (χ2n) is 4.59. The maximum Gasteiger partial charge on any atom is 0.239 e. The molecule has 0 spiro atoms. The minimum absolute atomic E-state index is 0. The molecule has 0 aromatic carbocycles. The van der Waals surface area contributed by atoms with Gasteiger partial charge in [0.1, 0.15) is 0 Å². The topological polar surface area (TPSA) is 84.2 Å². The van der Waals surface area contributed by atoms with E-state index in [2.05, 4.69) is 10.6 Å². The van der Waals surface area contributed by atoms with Crippen LogP contribution in [0.1, 0.15) is 44.9 Å². The van der Waals surface area contributed by atoms with E-state index in [4.69, 9.17) is 5.73 Å². The zero-order chi connectivity index (χ0) is 12.5. The van der Waals surface area contributed by atoms with Crippen LogP contribution in [0.25, 0.3) is 0 Å². The molecule has 1 fully saturated rings. The average molecular weight is 278 g/mol. The predicted molar refractivity (Wildman–Crippen MR) is 73.6 cm³/mol. The number of amides is 2. The smallest absolute Gasteiger partial charge is 0.239 e. The maximum atomic E-state index is 11.6. The molecule has 1 saturated carbocycles. The monoisotopic (exact) mass is 277 g/mol. The van der Waals surface area contributed by atoms with Crippen molar-refractivity contribution in [3.63, 3.8) is 0 Å². The molecule has 0 aliphatic heterocycles. The third kappa shape index (κ3) is 7.50. The Balaban J connectivity index is 0.00000289. The number of nitrogens with one attached hydrogen (secondary N) is 2. The molecule has 0 aromatic rings. The third-order valence-corrected chi connectivity index (χ3v) is 3.10. The number of halogens is 1. The lowest BCUT2D eigenvalue weighted by molar-refractivity contribution is -0.125. The van der Waals surface area contributed by atoms with Gasteiger partial charge in [-0.15, -0.1) is 12.4 Å². The SMILES string of the molecule is Cl.NCC(=O)NCC(=O)NC1CCCCCCC1. The molecule has 1 aliphatic carbocycles. The highest BCUT2D eigenvalue weighted by atomic mass is 35.5. The first kappa shape index (κ1) is 17.2. The normalized spacial score (nSPS) is 16.9. The van der Waals surface area contributed by atoms with Crippen LogP contribution in [0.3, 0.4) is 0 Å². The van der Waals surface area contributed by atoms with Crippen LogP contribution in [0.15, 0.2) is 0 Å². The summed E-state index contributed by atoms with van der Waals surface area (Å²) in [5.41, 5.74) is 5.14. The Bertz CT molecular complexity index is 254. The van der Waals surface area contributed by atoms with Gasteiger partial charge in [0.05, 0.1) is 13.1 Å². The first-order chi connectivity index (χ1) is 8.22. The van der Waals surface area contributed by atoms with Gasteiger partial charge < -0.3 is 16.4 Å². The van der Waals surface area contributed by atoms with E-state index in [1.54, 1.807) is 0 Å². The fraction of sp³-hybridized carbons (Fsp3) is 0.833. The summed E-state index contributed by atoms with van der Waals surface area (Å²) in [6, 6.07) is 0.276. The highest BCUT2D eigenvalue weighted by Gasteiger charge is 2.13. The van der Waals surface area contributed by atoms with Crippen molar-refractivity contribution in [1.29, 1.82) is 0 Å². The molecular formula is C12H24ClN3O2. The number of nitrogens with two attached hydrogens (primary N) is 1. The molecule has 4 N–H and O–H groups in total. The molecule has 1 aliphatic rings. The van der Waals surface area contributed by atoms with E-state index in [1.165, 1.54) is 32.1 Å².